The summed E-state index contributed by atoms with van der Waals surface area (Å²) in [7, 11) is 6.71. The van der Waals surface area contributed by atoms with Crippen LogP contribution in [0, 0.1) is 10.1 Å². The normalized spacial score (nSPS) is 12.2. The molecule has 1 aromatic heterocycles. The van der Waals surface area contributed by atoms with Crippen LogP contribution in [0.25, 0.3) is 0 Å². The molecule has 0 bridgehead atoms. The molecule has 7 nitrogen and oxygen atoms in total. The van der Waals surface area contributed by atoms with Crippen LogP contribution in [0.1, 0.15) is 5.56 Å². The lowest BCUT2D eigenvalue weighted by molar-refractivity contribution is -0.416. The van der Waals surface area contributed by atoms with Crippen LogP contribution in [0.5, 0.6) is 0 Å². The number of likely N-dealkylation sites (N-methyl/N-ethyl adjacent to an activating group) is 1. The molecule has 0 aliphatic heterocycles. The summed E-state index contributed by atoms with van der Waals surface area (Å²) in [4.78, 5) is 22.1. The monoisotopic (exact) mass is 311 g/mol. The summed E-state index contributed by atoms with van der Waals surface area (Å²) in [6, 6.07) is 3.50. The van der Waals surface area contributed by atoms with Crippen molar-refractivity contribution >= 4 is 17.4 Å². The van der Waals surface area contributed by atoms with Gasteiger partial charge in [-0.25, -0.2) is 4.98 Å². The molecular formula is C13H18ClN5O2. The molecule has 0 saturated carbocycles. The summed E-state index contributed by atoms with van der Waals surface area (Å²) in [5, 5.41) is 11.6. The van der Waals surface area contributed by atoms with Gasteiger partial charge in [0.25, 0.3) is 0 Å². The highest BCUT2D eigenvalue weighted by atomic mass is 35.5. The second-order valence-corrected chi connectivity index (χ2v) is 5.01. The van der Waals surface area contributed by atoms with E-state index in [1.807, 2.05) is 6.07 Å². The third kappa shape index (κ3) is 5.03. The van der Waals surface area contributed by atoms with Gasteiger partial charge in [-0.05, 0) is 11.6 Å². The summed E-state index contributed by atoms with van der Waals surface area (Å²) in [5.74, 6) is 0.295. The first-order chi connectivity index (χ1) is 9.85. The van der Waals surface area contributed by atoms with Crippen LogP contribution in [0.3, 0.4) is 0 Å². The molecule has 1 aromatic rings. The summed E-state index contributed by atoms with van der Waals surface area (Å²) < 4.78 is 0. The molecule has 0 spiro atoms. The number of aromatic nitrogens is 1. The zero-order valence-corrected chi connectivity index (χ0v) is 13.2. The number of aliphatic imine (C=N–C) groups is 1. The molecule has 0 atom stereocenters. The molecule has 0 amide bonds. The van der Waals surface area contributed by atoms with Crippen LogP contribution in [-0.2, 0) is 6.54 Å². The Balaban J connectivity index is 2.98. The Morgan fingerprint density at radius 3 is 2.57 bits per heavy atom. The zero-order valence-electron chi connectivity index (χ0n) is 12.4. The molecule has 0 fully saturated rings. The molecule has 1 rings (SSSR count). The quantitative estimate of drug-likeness (QED) is 0.273. The van der Waals surface area contributed by atoms with Crippen LogP contribution in [-0.4, -0.2) is 53.7 Å². The van der Waals surface area contributed by atoms with E-state index in [9.17, 15) is 10.1 Å². The SMILES string of the molecule is C/N=C(/C(=C\N(C)C)[N+](=O)[O-])N(C)Cc1ccc(Cl)nc1. The fraction of sp³-hybridized carbons (Fsp3) is 0.385. The summed E-state index contributed by atoms with van der Waals surface area (Å²) in [6.07, 6.45) is 3.06. The van der Waals surface area contributed by atoms with Gasteiger partial charge in [-0.3, -0.25) is 15.1 Å². The van der Waals surface area contributed by atoms with Crippen LogP contribution in [0.15, 0.2) is 35.2 Å². The van der Waals surface area contributed by atoms with Crippen LogP contribution >= 0.6 is 11.6 Å². The Morgan fingerprint density at radius 2 is 2.14 bits per heavy atom. The lowest BCUT2D eigenvalue weighted by Gasteiger charge is -2.19. The molecule has 1 heterocycles. The molecule has 0 aliphatic carbocycles. The number of amidine groups is 1. The average molecular weight is 312 g/mol. The lowest BCUT2D eigenvalue weighted by atomic mass is 10.2. The number of pyridine rings is 1. The van der Waals surface area contributed by atoms with E-state index in [2.05, 4.69) is 9.98 Å². The van der Waals surface area contributed by atoms with Gasteiger partial charge < -0.3 is 9.80 Å². The summed E-state index contributed by atoms with van der Waals surface area (Å²) in [5.41, 5.74) is 0.822. The first kappa shape index (κ1) is 16.9. The van der Waals surface area contributed by atoms with E-state index in [1.165, 1.54) is 13.2 Å². The molecule has 8 heteroatoms. The standard InChI is InChI=1S/C13H18ClN5O2/c1-15-13(11(19(20)21)9-17(2)3)18(4)8-10-5-6-12(14)16-7-10/h5-7,9H,8H2,1-4H3/b11-9+,15-13-. The first-order valence-corrected chi connectivity index (χ1v) is 6.54. The Morgan fingerprint density at radius 1 is 1.48 bits per heavy atom. The predicted molar refractivity (Wildman–Crippen MR) is 82.8 cm³/mol. The Labute approximate surface area is 128 Å². The molecule has 0 aromatic carbocycles. The van der Waals surface area contributed by atoms with E-state index in [0.717, 1.165) is 5.56 Å². The highest BCUT2D eigenvalue weighted by molar-refractivity contribution is 6.29. The highest BCUT2D eigenvalue weighted by Crippen LogP contribution is 2.11. The van der Waals surface area contributed by atoms with Crippen LogP contribution in [0.4, 0.5) is 0 Å². The van der Waals surface area contributed by atoms with Crippen molar-refractivity contribution in [1.82, 2.24) is 14.8 Å². The number of nitro groups is 1. The molecular weight excluding hydrogens is 294 g/mol. The lowest BCUT2D eigenvalue weighted by Crippen LogP contribution is -2.31. The second-order valence-electron chi connectivity index (χ2n) is 4.63. The topological polar surface area (TPSA) is 74.9 Å². The van der Waals surface area contributed by atoms with E-state index < -0.39 is 4.92 Å². The van der Waals surface area contributed by atoms with Gasteiger partial charge in [0.05, 0.1) is 11.1 Å². The van der Waals surface area contributed by atoms with Gasteiger partial charge in [0, 0.05) is 40.9 Å². The van der Waals surface area contributed by atoms with Gasteiger partial charge in [-0.15, -0.1) is 0 Å². The summed E-state index contributed by atoms with van der Waals surface area (Å²) in [6.45, 7) is 0.440. The molecule has 0 N–H and O–H groups in total. The minimum absolute atomic E-state index is 0.0630. The zero-order chi connectivity index (χ0) is 16.0. The van der Waals surface area contributed by atoms with Crippen molar-refractivity contribution in [2.75, 3.05) is 28.2 Å². The van der Waals surface area contributed by atoms with E-state index in [1.54, 1.807) is 43.2 Å². The Kier molecular flexibility index (Phi) is 6.10. The van der Waals surface area contributed by atoms with Gasteiger partial charge in [0.1, 0.15) is 5.15 Å². The highest BCUT2D eigenvalue weighted by Gasteiger charge is 2.23. The fourth-order valence-corrected chi connectivity index (χ4v) is 1.87. The first-order valence-electron chi connectivity index (χ1n) is 6.16. The molecule has 0 unspecified atom stereocenters. The third-order valence-corrected chi connectivity index (χ3v) is 2.81. The van der Waals surface area contributed by atoms with Crippen molar-refractivity contribution in [2.45, 2.75) is 6.54 Å². The molecule has 21 heavy (non-hydrogen) atoms. The molecule has 0 aliphatic rings. The predicted octanol–water partition coefficient (Wildman–Crippen LogP) is 1.87. The number of nitrogens with zero attached hydrogens (tertiary/aromatic N) is 5. The van der Waals surface area contributed by atoms with E-state index >= 15 is 0 Å². The molecule has 0 saturated heterocycles. The van der Waals surface area contributed by atoms with Gasteiger partial charge >= 0.3 is 5.70 Å². The number of halogens is 1. The third-order valence-electron chi connectivity index (χ3n) is 2.59. The Hall–Kier alpha value is -2.15. The van der Waals surface area contributed by atoms with Crippen LogP contribution in [0.2, 0.25) is 5.15 Å². The van der Waals surface area contributed by atoms with Crippen molar-refractivity contribution < 1.29 is 4.92 Å². The van der Waals surface area contributed by atoms with Gasteiger partial charge in [-0.2, -0.15) is 0 Å². The molecule has 114 valence electrons. The van der Waals surface area contributed by atoms with Gasteiger partial charge in [-0.1, -0.05) is 17.7 Å². The van der Waals surface area contributed by atoms with Crippen molar-refractivity contribution in [1.29, 1.82) is 0 Å². The maximum atomic E-state index is 11.2. The largest absolute Gasteiger partial charge is 0.378 e. The minimum Gasteiger partial charge on any atom is -0.378 e. The van der Waals surface area contributed by atoms with Crippen molar-refractivity contribution in [3.63, 3.8) is 0 Å². The Bertz CT molecular complexity index is 554. The van der Waals surface area contributed by atoms with E-state index in [4.69, 9.17) is 11.6 Å². The van der Waals surface area contributed by atoms with Crippen molar-refractivity contribution in [3.8, 4) is 0 Å². The summed E-state index contributed by atoms with van der Waals surface area (Å²) >= 11 is 5.73. The maximum Gasteiger partial charge on any atom is 0.326 e. The van der Waals surface area contributed by atoms with Crippen LogP contribution < -0.4 is 0 Å². The van der Waals surface area contributed by atoms with Gasteiger partial charge in [0.15, 0.2) is 0 Å². The average Bonchev–Trinajstić information content (AvgIpc) is 2.40. The molecule has 0 radical (unpaired) electrons. The van der Waals surface area contributed by atoms with Crippen molar-refractivity contribution in [3.05, 3.63) is 51.1 Å². The number of rotatable bonds is 5. The van der Waals surface area contributed by atoms with Gasteiger partial charge in [0.2, 0.25) is 5.84 Å². The maximum absolute atomic E-state index is 11.2. The van der Waals surface area contributed by atoms with E-state index in [-0.39, 0.29) is 5.70 Å². The number of hydrogen-bond donors (Lipinski definition) is 0. The van der Waals surface area contributed by atoms with Crippen molar-refractivity contribution in [2.24, 2.45) is 4.99 Å². The second kappa shape index (κ2) is 7.58. The minimum atomic E-state index is -0.445. The fourth-order valence-electron chi connectivity index (χ4n) is 1.76. The number of hydrogen-bond acceptors (Lipinski definition) is 5. The smallest absolute Gasteiger partial charge is 0.326 e. The van der Waals surface area contributed by atoms with E-state index in [0.29, 0.717) is 17.5 Å².